The van der Waals surface area contributed by atoms with E-state index in [9.17, 15) is 9.18 Å². The van der Waals surface area contributed by atoms with Crippen LogP contribution in [-0.4, -0.2) is 19.6 Å². The molecule has 2 aromatic carbocycles. The number of nitrogens with one attached hydrogen (secondary N) is 1. The monoisotopic (exact) mass is 323 g/mol. The van der Waals surface area contributed by atoms with Crippen molar-refractivity contribution in [1.82, 2.24) is 0 Å². The Morgan fingerprint density at radius 1 is 1.23 bits per heavy atom. The minimum absolute atomic E-state index is 0.0651. The van der Waals surface area contributed by atoms with E-state index in [4.69, 9.17) is 21.1 Å². The molecule has 0 saturated heterocycles. The Hall–Kier alpha value is -2.27. The van der Waals surface area contributed by atoms with E-state index in [1.165, 1.54) is 19.2 Å². The van der Waals surface area contributed by atoms with Crippen LogP contribution in [0.25, 0.3) is 0 Å². The van der Waals surface area contributed by atoms with Gasteiger partial charge in [-0.3, -0.25) is 4.79 Å². The lowest BCUT2D eigenvalue weighted by molar-refractivity contribution is -0.116. The molecule has 0 radical (unpaired) electrons. The van der Waals surface area contributed by atoms with Gasteiger partial charge in [0.1, 0.15) is 5.75 Å². The van der Waals surface area contributed by atoms with Crippen LogP contribution in [0.5, 0.6) is 11.5 Å². The molecule has 22 heavy (non-hydrogen) atoms. The Kier molecular flexibility index (Phi) is 5.61. The number of benzene rings is 2. The van der Waals surface area contributed by atoms with Gasteiger partial charge in [0.25, 0.3) is 0 Å². The summed E-state index contributed by atoms with van der Waals surface area (Å²) in [6, 6.07) is 11.0. The molecule has 6 heteroatoms. The molecule has 0 atom stereocenters. The van der Waals surface area contributed by atoms with Crippen molar-refractivity contribution < 1.29 is 18.7 Å². The number of ether oxygens (including phenoxy) is 2. The van der Waals surface area contributed by atoms with E-state index < -0.39 is 5.82 Å². The quantitative estimate of drug-likeness (QED) is 0.877. The first kappa shape index (κ1) is 16.1. The van der Waals surface area contributed by atoms with Crippen LogP contribution in [-0.2, 0) is 4.79 Å². The van der Waals surface area contributed by atoms with E-state index in [1.807, 2.05) is 0 Å². The molecule has 0 saturated carbocycles. The fraction of sp³-hybridized carbons (Fsp3) is 0.188. The molecule has 0 heterocycles. The average molecular weight is 324 g/mol. The summed E-state index contributed by atoms with van der Waals surface area (Å²) in [6.07, 6.45) is 0.0734. The van der Waals surface area contributed by atoms with Crippen molar-refractivity contribution >= 4 is 23.2 Å². The first-order chi connectivity index (χ1) is 10.6. The van der Waals surface area contributed by atoms with Gasteiger partial charge in [-0.1, -0.05) is 23.7 Å². The largest absolute Gasteiger partial charge is 0.495 e. The SMILES string of the molecule is COc1ccc(Cl)cc1NC(=O)CCOc1ccccc1F. The van der Waals surface area contributed by atoms with Gasteiger partial charge >= 0.3 is 0 Å². The van der Waals surface area contributed by atoms with Crippen LogP contribution >= 0.6 is 11.6 Å². The Bertz CT molecular complexity index is 664. The smallest absolute Gasteiger partial charge is 0.227 e. The van der Waals surface area contributed by atoms with E-state index in [0.717, 1.165) is 0 Å². The van der Waals surface area contributed by atoms with Crippen LogP contribution in [0, 0.1) is 5.82 Å². The molecule has 0 fully saturated rings. The van der Waals surface area contributed by atoms with Crippen LogP contribution in [0.15, 0.2) is 42.5 Å². The minimum atomic E-state index is -0.459. The highest BCUT2D eigenvalue weighted by atomic mass is 35.5. The van der Waals surface area contributed by atoms with Gasteiger partial charge in [-0.15, -0.1) is 0 Å². The number of hydrogen-bond acceptors (Lipinski definition) is 3. The highest BCUT2D eigenvalue weighted by Crippen LogP contribution is 2.27. The normalized spacial score (nSPS) is 10.1. The fourth-order valence-electron chi connectivity index (χ4n) is 1.81. The molecule has 4 nitrogen and oxygen atoms in total. The Morgan fingerprint density at radius 3 is 2.73 bits per heavy atom. The van der Waals surface area contributed by atoms with Crippen molar-refractivity contribution in [3.05, 3.63) is 53.3 Å². The summed E-state index contributed by atoms with van der Waals surface area (Å²) in [4.78, 5) is 11.9. The molecule has 2 aromatic rings. The zero-order chi connectivity index (χ0) is 15.9. The Balaban J connectivity index is 1.88. The predicted molar refractivity (Wildman–Crippen MR) is 83.1 cm³/mol. The van der Waals surface area contributed by atoms with Gasteiger partial charge < -0.3 is 14.8 Å². The molecule has 0 unspecified atom stereocenters. The molecule has 116 valence electrons. The van der Waals surface area contributed by atoms with E-state index >= 15 is 0 Å². The Labute approximate surface area is 132 Å². The molecular formula is C16H15ClFNO3. The maximum atomic E-state index is 13.3. The van der Waals surface area contributed by atoms with Crippen molar-refractivity contribution in [1.29, 1.82) is 0 Å². The molecular weight excluding hydrogens is 309 g/mol. The summed E-state index contributed by atoms with van der Waals surface area (Å²) in [7, 11) is 1.50. The summed E-state index contributed by atoms with van der Waals surface area (Å²) in [5, 5.41) is 3.17. The molecule has 2 rings (SSSR count). The average Bonchev–Trinajstić information content (AvgIpc) is 2.49. The number of para-hydroxylation sites is 1. The number of anilines is 1. The van der Waals surface area contributed by atoms with Gasteiger partial charge in [0.05, 0.1) is 25.8 Å². The summed E-state index contributed by atoms with van der Waals surface area (Å²) in [5.74, 6) is -0.111. The van der Waals surface area contributed by atoms with Crippen LogP contribution in [0.1, 0.15) is 6.42 Å². The van der Waals surface area contributed by atoms with Crippen molar-refractivity contribution in [2.24, 2.45) is 0 Å². The van der Waals surface area contributed by atoms with Crippen molar-refractivity contribution in [2.45, 2.75) is 6.42 Å². The topological polar surface area (TPSA) is 47.6 Å². The standard InChI is InChI=1S/C16H15ClFNO3/c1-21-15-7-6-11(17)10-13(15)19-16(20)8-9-22-14-5-3-2-4-12(14)18/h2-7,10H,8-9H2,1H3,(H,19,20). The van der Waals surface area contributed by atoms with Gasteiger partial charge in [0.15, 0.2) is 11.6 Å². The second-order valence-electron chi connectivity index (χ2n) is 4.42. The highest BCUT2D eigenvalue weighted by molar-refractivity contribution is 6.31. The number of rotatable bonds is 6. The highest BCUT2D eigenvalue weighted by Gasteiger charge is 2.09. The maximum absolute atomic E-state index is 13.3. The number of methoxy groups -OCH3 is 1. The zero-order valence-corrected chi connectivity index (χ0v) is 12.7. The third-order valence-corrected chi connectivity index (χ3v) is 3.09. The van der Waals surface area contributed by atoms with Crippen LogP contribution in [0.4, 0.5) is 10.1 Å². The molecule has 0 aliphatic rings. The lowest BCUT2D eigenvalue weighted by Gasteiger charge is -2.11. The van der Waals surface area contributed by atoms with Gasteiger partial charge in [-0.2, -0.15) is 0 Å². The van der Waals surface area contributed by atoms with Crippen molar-refractivity contribution in [2.75, 3.05) is 19.0 Å². The van der Waals surface area contributed by atoms with Crippen LogP contribution < -0.4 is 14.8 Å². The third-order valence-electron chi connectivity index (χ3n) is 2.86. The first-order valence-corrected chi connectivity index (χ1v) is 6.98. The lowest BCUT2D eigenvalue weighted by atomic mass is 10.2. The lowest BCUT2D eigenvalue weighted by Crippen LogP contribution is -2.16. The van der Waals surface area contributed by atoms with Crippen LogP contribution in [0.2, 0.25) is 5.02 Å². The fourth-order valence-corrected chi connectivity index (χ4v) is 1.98. The number of carbonyl (C=O) groups excluding carboxylic acids is 1. The van der Waals surface area contributed by atoms with Gasteiger partial charge in [0.2, 0.25) is 5.91 Å². The second kappa shape index (κ2) is 7.66. The van der Waals surface area contributed by atoms with Gasteiger partial charge in [-0.25, -0.2) is 4.39 Å². The Morgan fingerprint density at radius 2 is 2.00 bits per heavy atom. The van der Waals surface area contributed by atoms with E-state index in [0.29, 0.717) is 16.5 Å². The summed E-state index contributed by atoms with van der Waals surface area (Å²) in [5.41, 5.74) is 0.478. The summed E-state index contributed by atoms with van der Waals surface area (Å²) < 4.78 is 23.7. The van der Waals surface area contributed by atoms with Crippen molar-refractivity contribution in [3.63, 3.8) is 0 Å². The third kappa shape index (κ3) is 4.36. The summed E-state index contributed by atoms with van der Waals surface area (Å²) >= 11 is 5.89. The molecule has 0 aliphatic heterocycles. The van der Waals surface area contributed by atoms with E-state index in [2.05, 4.69) is 5.32 Å². The van der Waals surface area contributed by atoms with E-state index in [-0.39, 0.29) is 24.7 Å². The predicted octanol–water partition coefficient (Wildman–Crippen LogP) is 3.90. The molecule has 0 spiro atoms. The maximum Gasteiger partial charge on any atom is 0.227 e. The van der Waals surface area contributed by atoms with Crippen molar-refractivity contribution in [3.8, 4) is 11.5 Å². The number of amides is 1. The first-order valence-electron chi connectivity index (χ1n) is 6.61. The van der Waals surface area contributed by atoms with Crippen LogP contribution in [0.3, 0.4) is 0 Å². The molecule has 0 bridgehead atoms. The van der Waals surface area contributed by atoms with E-state index in [1.54, 1.807) is 30.3 Å². The molecule has 1 amide bonds. The summed E-state index contributed by atoms with van der Waals surface area (Å²) in [6.45, 7) is 0.0651. The van der Waals surface area contributed by atoms with Gasteiger partial charge in [-0.05, 0) is 30.3 Å². The zero-order valence-electron chi connectivity index (χ0n) is 11.9. The number of halogens is 2. The van der Waals surface area contributed by atoms with Gasteiger partial charge in [0, 0.05) is 5.02 Å². The molecule has 1 N–H and O–H groups in total. The number of carbonyl (C=O) groups is 1. The number of hydrogen-bond donors (Lipinski definition) is 1. The molecule has 0 aromatic heterocycles. The second-order valence-corrected chi connectivity index (χ2v) is 4.86. The minimum Gasteiger partial charge on any atom is -0.495 e. The molecule has 0 aliphatic carbocycles.